The van der Waals surface area contributed by atoms with Gasteiger partial charge in [0.25, 0.3) is 0 Å². The van der Waals surface area contributed by atoms with Crippen molar-refractivity contribution in [3.05, 3.63) is 28.8 Å². The maximum Gasteiger partial charge on any atom is 0.216 e. The maximum atomic E-state index is 13.1. The second-order valence-corrected chi connectivity index (χ2v) is 4.11. The van der Waals surface area contributed by atoms with Crippen molar-refractivity contribution in [2.45, 2.75) is 13.5 Å². The van der Waals surface area contributed by atoms with Crippen molar-refractivity contribution < 1.29 is 9.18 Å². The van der Waals surface area contributed by atoms with E-state index in [9.17, 15) is 9.18 Å². The van der Waals surface area contributed by atoms with E-state index in [1.54, 1.807) is 10.6 Å². The van der Waals surface area contributed by atoms with Gasteiger partial charge >= 0.3 is 0 Å². The molecule has 1 aromatic heterocycles. The fraction of sp³-hybridized carbons (Fsp3) is 0.273. The van der Waals surface area contributed by atoms with Gasteiger partial charge in [0.1, 0.15) is 5.82 Å². The van der Waals surface area contributed by atoms with E-state index in [-0.39, 0.29) is 11.7 Å². The summed E-state index contributed by atoms with van der Waals surface area (Å²) in [7, 11) is 0. The van der Waals surface area contributed by atoms with Crippen molar-refractivity contribution in [1.29, 1.82) is 0 Å². The van der Waals surface area contributed by atoms with E-state index in [1.165, 1.54) is 19.1 Å². The van der Waals surface area contributed by atoms with E-state index in [0.717, 1.165) is 5.52 Å². The van der Waals surface area contributed by atoms with Crippen LogP contribution in [0.2, 0.25) is 0 Å². The topological polar surface area (TPSA) is 49.8 Å². The molecule has 1 amide bonds. The first-order valence-electron chi connectivity index (χ1n) is 5.20. The van der Waals surface area contributed by atoms with Crippen LogP contribution in [-0.4, -0.2) is 22.0 Å². The Kier molecular flexibility index (Phi) is 3.23. The zero-order valence-electron chi connectivity index (χ0n) is 9.29. The summed E-state index contributed by atoms with van der Waals surface area (Å²) < 4.78 is 15.4. The van der Waals surface area contributed by atoms with Crippen molar-refractivity contribution >= 4 is 29.2 Å². The van der Waals surface area contributed by atoms with E-state index in [2.05, 4.69) is 10.3 Å². The maximum absolute atomic E-state index is 13.1. The number of H-pyrrole nitrogens is 1. The second-order valence-electron chi connectivity index (χ2n) is 3.73. The van der Waals surface area contributed by atoms with Gasteiger partial charge in [-0.15, -0.1) is 0 Å². The Hall–Kier alpha value is -1.69. The molecule has 6 heteroatoms. The molecule has 1 aromatic carbocycles. The highest BCUT2D eigenvalue weighted by Gasteiger charge is 2.05. The Morgan fingerprint density at radius 3 is 3.06 bits per heavy atom. The lowest BCUT2D eigenvalue weighted by Crippen LogP contribution is -2.24. The number of carbonyl (C=O) groups is 1. The highest BCUT2D eigenvalue weighted by Crippen LogP contribution is 2.15. The summed E-state index contributed by atoms with van der Waals surface area (Å²) in [6.07, 6.45) is 0. The number of aromatic amines is 1. The minimum absolute atomic E-state index is 0.0949. The molecular formula is C11H12FN3OS. The van der Waals surface area contributed by atoms with Crippen LogP contribution in [0.1, 0.15) is 6.92 Å². The number of benzene rings is 1. The molecule has 17 heavy (non-hydrogen) atoms. The zero-order valence-corrected chi connectivity index (χ0v) is 10.1. The SMILES string of the molecule is CC(=O)NCCn1c(=S)[nH]c2ccc(F)cc21. The molecule has 0 aliphatic heterocycles. The van der Waals surface area contributed by atoms with Crippen molar-refractivity contribution in [3.8, 4) is 0 Å². The van der Waals surface area contributed by atoms with E-state index in [1.807, 2.05) is 0 Å². The van der Waals surface area contributed by atoms with Crippen LogP contribution in [0.25, 0.3) is 11.0 Å². The molecule has 0 radical (unpaired) electrons. The Morgan fingerprint density at radius 2 is 2.35 bits per heavy atom. The molecule has 0 spiro atoms. The van der Waals surface area contributed by atoms with E-state index in [0.29, 0.717) is 23.4 Å². The lowest BCUT2D eigenvalue weighted by Gasteiger charge is -2.05. The first kappa shape index (κ1) is 11.8. The Morgan fingerprint density at radius 1 is 1.59 bits per heavy atom. The van der Waals surface area contributed by atoms with Crippen LogP contribution >= 0.6 is 12.2 Å². The molecule has 2 rings (SSSR count). The summed E-state index contributed by atoms with van der Waals surface area (Å²) in [6, 6.07) is 4.45. The summed E-state index contributed by atoms with van der Waals surface area (Å²) in [4.78, 5) is 13.8. The predicted octanol–water partition coefficient (Wildman–Crippen LogP) is 1.97. The largest absolute Gasteiger partial charge is 0.355 e. The number of nitrogens with one attached hydrogen (secondary N) is 2. The molecular weight excluding hydrogens is 241 g/mol. The summed E-state index contributed by atoms with van der Waals surface area (Å²) in [5.41, 5.74) is 1.50. The van der Waals surface area contributed by atoms with Crippen LogP contribution in [-0.2, 0) is 11.3 Å². The molecule has 0 atom stereocenters. The minimum Gasteiger partial charge on any atom is -0.355 e. The number of rotatable bonds is 3. The van der Waals surface area contributed by atoms with Gasteiger partial charge in [-0.05, 0) is 30.4 Å². The first-order chi connectivity index (χ1) is 8.08. The normalized spacial score (nSPS) is 10.7. The molecule has 0 unspecified atom stereocenters. The monoisotopic (exact) mass is 253 g/mol. The van der Waals surface area contributed by atoms with Crippen LogP contribution in [0.4, 0.5) is 4.39 Å². The van der Waals surface area contributed by atoms with Crippen molar-refractivity contribution in [1.82, 2.24) is 14.9 Å². The summed E-state index contributed by atoms with van der Waals surface area (Å²) in [5.74, 6) is -0.401. The number of aromatic nitrogens is 2. The molecule has 0 saturated carbocycles. The van der Waals surface area contributed by atoms with Crippen LogP contribution in [0.5, 0.6) is 0 Å². The highest BCUT2D eigenvalue weighted by molar-refractivity contribution is 7.71. The molecule has 2 aromatic rings. The van der Waals surface area contributed by atoms with Gasteiger partial charge in [-0.1, -0.05) is 0 Å². The Balaban J connectivity index is 2.32. The van der Waals surface area contributed by atoms with Crippen molar-refractivity contribution in [3.63, 3.8) is 0 Å². The lowest BCUT2D eigenvalue weighted by molar-refractivity contribution is -0.118. The smallest absolute Gasteiger partial charge is 0.216 e. The summed E-state index contributed by atoms with van der Waals surface area (Å²) >= 11 is 5.15. The van der Waals surface area contributed by atoms with Gasteiger partial charge in [0.2, 0.25) is 5.91 Å². The van der Waals surface area contributed by atoms with Crippen LogP contribution < -0.4 is 5.32 Å². The van der Waals surface area contributed by atoms with Gasteiger partial charge < -0.3 is 14.9 Å². The fourth-order valence-corrected chi connectivity index (χ4v) is 1.99. The third-order valence-corrected chi connectivity index (χ3v) is 2.77. The highest BCUT2D eigenvalue weighted by atomic mass is 32.1. The number of fused-ring (bicyclic) bond motifs is 1. The van der Waals surface area contributed by atoms with Gasteiger partial charge in [0.15, 0.2) is 4.77 Å². The molecule has 0 aliphatic rings. The van der Waals surface area contributed by atoms with Gasteiger partial charge in [0.05, 0.1) is 11.0 Å². The predicted molar refractivity (Wildman–Crippen MR) is 65.8 cm³/mol. The minimum atomic E-state index is -0.306. The average molecular weight is 253 g/mol. The number of imidazole rings is 1. The Labute approximate surface area is 102 Å². The summed E-state index contributed by atoms with van der Waals surface area (Å²) in [5, 5.41) is 2.68. The van der Waals surface area contributed by atoms with Gasteiger partial charge in [-0.25, -0.2) is 4.39 Å². The lowest BCUT2D eigenvalue weighted by atomic mass is 10.3. The number of amides is 1. The molecule has 2 N–H and O–H groups in total. The number of carbonyl (C=O) groups excluding carboxylic acids is 1. The zero-order chi connectivity index (χ0) is 12.4. The van der Waals surface area contributed by atoms with Crippen molar-refractivity contribution in [2.24, 2.45) is 0 Å². The molecule has 0 bridgehead atoms. The molecule has 1 heterocycles. The number of hydrogen-bond acceptors (Lipinski definition) is 2. The first-order valence-corrected chi connectivity index (χ1v) is 5.61. The third-order valence-electron chi connectivity index (χ3n) is 2.45. The van der Waals surface area contributed by atoms with Crippen molar-refractivity contribution in [2.75, 3.05) is 6.54 Å². The molecule has 0 aliphatic carbocycles. The van der Waals surface area contributed by atoms with Crippen LogP contribution in [0.3, 0.4) is 0 Å². The Bertz CT molecular complexity index is 617. The van der Waals surface area contributed by atoms with E-state index >= 15 is 0 Å². The molecule has 0 fully saturated rings. The average Bonchev–Trinajstić information content (AvgIpc) is 2.55. The van der Waals surface area contributed by atoms with Gasteiger partial charge in [-0.3, -0.25) is 4.79 Å². The van der Waals surface area contributed by atoms with Crippen LogP contribution in [0.15, 0.2) is 18.2 Å². The molecule has 4 nitrogen and oxygen atoms in total. The molecule has 0 saturated heterocycles. The van der Waals surface area contributed by atoms with Gasteiger partial charge in [-0.2, -0.15) is 0 Å². The standard InChI is InChI=1S/C11H12FN3OS/c1-7(16)13-4-5-15-10-6-8(12)2-3-9(10)14-11(15)17/h2-3,6H,4-5H2,1H3,(H,13,16)(H,14,17). The molecule has 90 valence electrons. The quantitative estimate of drug-likeness (QED) is 0.822. The third kappa shape index (κ3) is 2.52. The van der Waals surface area contributed by atoms with Crippen LogP contribution in [0, 0.1) is 10.6 Å². The summed E-state index contributed by atoms with van der Waals surface area (Å²) in [6.45, 7) is 2.43. The fourth-order valence-electron chi connectivity index (χ4n) is 1.69. The number of nitrogens with zero attached hydrogens (tertiary/aromatic N) is 1. The number of hydrogen-bond donors (Lipinski definition) is 2. The second kappa shape index (κ2) is 4.67. The number of halogens is 1. The van der Waals surface area contributed by atoms with Gasteiger partial charge in [0, 0.05) is 20.0 Å². The van der Waals surface area contributed by atoms with E-state index in [4.69, 9.17) is 12.2 Å². The van der Waals surface area contributed by atoms with E-state index < -0.39 is 0 Å².